The molecule has 116 valence electrons. The molecule has 0 aliphatic carbocycles. The predicted octanol–water partition coefficient (Wildman–Crippen LogP) is 3.02. The zero-order valence-corrected chi connectivity index (χ0v) is 12.7. The molecule has 2 aromatic carbocycles. The van der Waals surface area contributed by atoms with Crippen LogP contribution in [-0.4, -0.2) is 25.0 Å². The first-order valence-electron chi connectivity index (χ1n) is 6.66. The average molecular weight is 330 g/mol. The van der Waals surface area contributed by atoms with Gasteiger partial charge in [-0.05, 0) is 36.4 Å². The molecule has 0 radical (unpaired) electrons. The van der Waals surface area contributed by atoms with Crippen molar-refractivity contribution in [3.8, 4) is 11.8 Å². The zero-order chi connectivity index (χ0) is 16.7. The minimum absolute atomic E-state index is 0.288. The fourth-order valence-electron chi connectivity index (χ4n) is 1.73. The molecule has 0 aliphatic rings. The third-order valence-corrected chi connectivity index (χ3v) is 3.14. The van der Waals surface area contributed by atoms with Crippen LogP contribution in [0.15, 0.2) is 48.5 Å². The van der Waals surface area contributed by atoms with E-state index in [1.807, 2.05) is 6.07 Å². The quantitative estimate of drug-likeness (QED) is 0.601. The molecular formula is C17H12ClNO4. The van der Waals surface area contributed by atoms with Crippen LogP contribution in [0.2, 0.25) is 5.02 Å². The molecule has 0 spiro atoms. The normalized spacial score (nSPS) is 9.74. The van der Waals surface area contributed by atoms with Gasteiger partial charge in [-0.25, -0.2) is 4.79 Å². The standard InChI is InChI=1S/C17H12ClNO4/c18-14-7-5-12(6-8-14)15(20)10-23-17(21)11-22-16-4-2-1-3-13(16)9-19/h1-8H,10-11H2. The lowest BCUT2D eigenvalue weighted by atomic mass is 10.1. The van der Waals surface area contributed by atoms with E-state index in [1.54, 1.807) is 48.5 Å². The fraction of sp³-hybridized carbons (Fsp3) is 0.118. The first-order valence-corrected chi connectivity index (χ1v) is 7.04. The summed E-state index contributed by atoms with van der Waals surface area (Å²) >= 11 is 5.73. The van der Waals surface area contributed by atoms with Gasteiger partial charge < -0.3 is 9.47 Å². The second kappa shape index (κ2) is 7.97. The summed E-state index contributed by atoms with van der Waals surface area (Å²) in [4.78, 5) is 23.4. The number of hydrogen-bond acceptors (Lipinski definition) is 5. The van der Waals surface area contributed by atoms with Gasteiger partial charge in [0.25, 0.3) is 0 Å². The van der Waals surface area contributed by atoms with Crippen molar-refractivity contribution in [3.63, 3.8) is 0 Å². The molecule has 6 heteroatoms. The predicted molar refractivity (Wildman–Crippen MR) is 83.4 cm³/mol. The topological polar surface area (TPSA) is 76.4 Å². The number of para-hydroxylation sites is 1. The molecule has 23 heavy (non-hydrogen) atoms. The van der Waals surface area contributed by atoms with Crippen molar-refractivity contribution in [2.75, 3.05) is 13.2 Å². The number of Topliss-reactive ketones (excluding diaryl/α,β-unsaturated/α-hetero) is 1. The minimum Gasteiger partial charge on any atom is -0.481 e. The van der Waals surface area contributed by atoms with Gasteiger partial charge in [0.05, 0.1) is 5.56 Å². The zero-order valence-electron chi connectivity index (χ0n) is 12.0. The number of carbonyl (C=O) groups is 2. The van der Waals surface area contributed by atoms with Crippen LogP contribution < -0.4 is 4.74 Å². The molecule has 5 nitrogen and oxygen atoms in total. The van der Waals surface area contributed by atoms with E-state index in [4.69, 9.17) is 26.3 Å². The maximum absolute atomic E-state index is 11.8. The number of rotatable bonds is 6. The van der Waals surface area contributed by atoms with E-state index in [2.05, 4.69) is 0 Å². The SMILES string of the molecule is N#Cc1ccccc1OCC(=O)OCC(=O)c1ccc(Cl)cc1. The third kappa shape index (κ3) is 4.83. The van der Waals surface area contributed by atoms with E-state index >= 15 is 0 Å². The average Bonchev–Trinajstić information content (AvgIpc) is 2.58. The van der Waals surface area contributed by atoms with Crippen molar-refractivity contribution in [3.05, 3.63) is 64.7 Å². The van der Waals surface area contributed by atoms with Crippen LogP contribution in [-0.2, 0) is 9.53 Å². The minimum atomic E-state index is -0.694. The van der Waals surface area contributed by atoms with Gasteiger partial charge in [0.2, 0.25) is 0 Å². The van der Waals surface area contributed by atoms with Gasteiger partial charge in [0.1, 0.15) is 11.8 Å². The molecule has 0 saturated carbocycles. The van der Waals surface area contributed by atoms with Crippen molar-refractivity contribution >= 4 is 23.4 Å². The van der Waals surface area contributed by atoms with Crippen molar-refractivity contribution in [2.45, 2.75) is 0 Å². The maximum atomic E-state index is 11.8. The summed E-state index contributed by atoms with van der Waals surface area (Å²) in [6.45, 7) is -0.768. The molecule has 0 amide bonds. The van der Waals surface area contributed by atoms with Gasteiger partial charge in [0.15, 0.2) is 19.0 Å². The molecule has 0 unspecified atom stereocenters. The second-order valence-corrected chi connectivity index (χ2v) is 4.92. The molecule has 2 rings (SSSR count). The summed E-state index contributed by atoms with van der Waals surface area (Å²) in [5.41, 5.74) is 0.718. The first-order chi connectivity index (χ1) is 11.1. The van der Waals surface area contributed by atoms with E-state index in [1.165, 1.54) is 0 Å². The van der Waals surface area contributed by atoms with Gasteiger partial charge in [-0.3, -0.25) is 4.79 Å². The summed E-state index contributed by atoms with van der Waals surface area (Å²) in [6.07, 6.45) is 0. The van der Waals surface area contributed by atoms with E-state index < -0.39 is 5.97 Å². The molecule has 0 fully saturated rings. The first kappa shape index (κ1) is 16.5. The van der Waals surface area contributed by atoms with E-state index in [-0.39, 0.29) is 24.7 Å². The summed E-state index contributed by atoms with van der Waals surface area (Å²) in [6, 6.07) is 14.7. The molecular weight excluding hydrogens is 318 g/mol. The van der Waals surface area contributed by atoms with E-state index in [0.29, 0.717) is 16.1 Å². The largest absolute Gasteiger partial charge is 0.481 e. The number of esters is 1. The number of ketones is 1. The van der Waals surface area contributed by atoms with Gasteiger partial charge in [-0.2, -0.15) is 5.26 Å². The fourth-order valence-corrected chi connectivity index (χ4v) is 1.85. The lowest BCUT2D eigenvalue weighted by Crippen LogP contribution is -2.19. The Labute approximate surface area is 138 Å². The third-order valence-electron chi connectivity index (χ3n) is 2.88. The lowest BCUT2D eigenvalue weighted by Gasteiger charge is -2.07. The van der Waals surface area contributed by atoms with E-state index in [9.17, 15) is 9.59 Å². The number of halogens is 1. The number of benzene rings is 2. The molecule has 0 heterocycles. The highest BCUT2D eigenvalue weighted by Crippen LogP contribution is 2.16. The molecule has 0 aromatic heterocycles. The Hall–Kier alpha value is -2.84. The highest BCUT2D eigenvalue weighted by atomic mass is 35.5. The van der Waals surface area contributed by atoms with Gasteiger partial charge >= 0.3 is 5.97 Å². The van der Waals surface area contributed by atoms with Crippen molar-refractivity contribution in [1.82, 2.24) is 0 Å². The lowest BCUT2D eigenvalue weighted by molar-refractivity contribution is -0.144. The Kier molecular flexibility index (Phi) is 5.73. The maximum Gasteiger partial charge on any atom is 0.344 e. The highest BCUT2D eigenvalue weighted by molar-refractivity contribution is 6.30. The Morgan fingerprint density at radius 1 is 1.04 bits per heavy atom. The van der Waals surface area contributed by atoms with Crippen molar-refractivity contribution in [1.29, 1.82) is 5.26 Å². The Balaban J connectivity index is 1.82. The van der Waals surface area contributed by atoms with Crippen molar-refractivity contribution in [2.24, 2.45) is 0 Å². The number of carbonyl (C=O) groups excluding carboxylic acids is 2. The summed E-state index contributed by atoms with van der Waals surface area (Å²) in [7, 11) is 0. The summed E-state index contributed by atoms with van der Waals surface area (Å²) in [5.74, 6) is -0.747. The Morgan fingerprint density at radius 2 is 1.74 bits per heavy atom. The Bertz CT molecular complexity index is 750. The number of hydrogen-bond donors (Lipinski definition) is 0. The van der Waals surface area contributed by atoms with Crippen LogP contribution in [0.3, 0.4) is 0 Å². The number of nitrogens with zero attached hydrogens (tertiary/aromatic N) is 1. The van der Waals surface area contributed by atoms with Crippen LogP contribution in [0.1, 0.15) is 15.9 Å². The molecule has 2 aromatic rings. The van der Waals surface area contributed by atoms with Crippen molar-refractivity contribution < 1.29 is 19.1 Å². The molecule has 0 bridgehead atoms. The monoisotopic (exact) mass is 329 g/mol. The highest BCUT2D eigenvalue weighted by Gasteiger charge is 2.11. The van der Waals surface area contributed by atoms with Gasteiger partial charge in [0, 0.05) is 10.6 Å². The van der Waals surface area contributed by atoms with Crippen LogP contribution in [0.25, 0.3) is 0 Å². The second-order valence-electron chi connectivity index (χ2n) is 4.49. The van der Waals surface area contributed by atoms with Gasteiger partial charge in [-0.15, -0.1) is 0 Å². The smallest absolute Gasteiger partial charge is 0.344 e. The Morgan fingerprint density at radius 3 is 2.43 bits per heavy atom. The van der Waals surface area contributed by atoms with Crippen LogP contribution >= 0.6 is 11.6 Å². The molecule has 0 atom stereocenters. The van der Waals surface area contributed by atoms with Crippen LogP contribution in [0.5, 0.6) is 5.75 Å². The van der Waals surface area contributed by atoms with Crippen LogP contribution in [0.4, 0.5) is 0 Å². The van der Waals surface area contributed by atoms with E-state index in [0.717, 1.165) is 0 Å². The van der Waals surface area contributed by atoms with Gasteiger partial charge in [-0.1, -0.05) is 23.7 Å². The summed E-state index contributed by atoms with van der Waals surface area (Å²) in [5, 5.41) is 9.42. The summed E-state index contributed by atoms with van der Waals surface area (Å²) < 4.78 is 10.1. The number of ether oxygens (including phenoxy) is 2. The molecule has 0 saturated heterocycles. The van der Waals surface area contributed by atoms with Crippen LogP contribution in [0, 0.1) is 11.3 Å². The molecule has 0 N–H and O–H groups in total. The number of nitriles is 1. The molecule has 0 aliphatic heterocycles.